The predicted octanol–water partition coefficient (Wildman–Crippen LogP) is 3.71. The number of hydrogen-bond acceptors (Lipinski definition) is 9. The molecule has 13 heteroatoms. The second-order valence-electron chi connectivity index (χ2n) is 10.4. The number of nitrogens with one attached hydrogen (secondary N) is 4. The number of rotatable bonds is 13. The number of aliphatic hydroxyl groups excluding tert-OH is 1. The number of anilines is 1. The number of aliphatic hydroxyl groups is 1. The molecule has 0 unspecified atom stereocenters. The van der Waals surface area contributed by atoms with Gasteiger partial charge in [0.1, 0.15) is 5.69 Å². The molecular formula is C32H33ClFN7O4. The zero-order valence-electron chi connectivity index (χ0n) is 24.6. The van der Waals surface area contributed by atoms with Gasteiger partial charge >= 0.3 is 0 Å². The van der Waals surface area contributed by atoms with E-state index in [-0.39, 0.29) is 46.2 Å². The normalized spacial score (nSPS) is 14.3. The summed E-state index contributed by atoms with van der Waals surface area (Å²) in [5, 5.41) is 20.9. The van der Waals surface area contributed by atoms with Crippen LogP contribution in [0.25, 0.3) is 22.5 Å². The lowest BCUT2D eigenvalue weighted by molar-refractivity contribution is -0.119. The summed E-state index contributed by atoms with van der Waals surface area (Å²) < 4.78 is 21.3. The summed E-state index contributed by atoms with van der Waals surface area (Å²) in [5.41, 5.74) is 3.06. The summed E-state index contributed by atoms with van der Waals surface area (Å²) in [4.78, 5) is 37.5. The molecule has 45 heavy (non-hydrogen) atoms. The Kier molecular flexibility index (Phi) is 10.6. The van der Waals surface area contributed by atoms with Gasteiger partial charge in [-0.25, -0.2) is 9.37 Å². The Morgan fingerprint density at radius 3 is 2.71 bits per heavy atom. The number of hydrogen-bond donors (Lipinski definition) is 5. The number of ether oxygens (including phenoxy) is 1. The lowest BCUT2D eigenvalue weighted by Crippen LogP contribution is -2.35. The molecule has 1 atom stereocenters. The van der Waals surface area contributed by atoms with E-state index in [1.807, 2.05) is 6.07 Å². The fraction of sp³-hybridized carbons (Fsp3) is 0.281. The molecule has 5 rings (SSSR count). The summed E-state index contributed by atoms with van der Waals surface area (Å²) in [6.07, 6.45) is 4.41. The highest BCUT2D eigenvalue weighted by molar-refractivity contribution is 6.35. The van der Waals surface area contributed by atoms with E-state index in [0.717, 1.165) is 17.5 Å². The number of pyridine rings is 3. The van der Waals surface area contributed by atoms with E-state index in [1.165, 1.54) is 25.4 Å². The molecule has 4 heterocycles. The van der Waals surface area contributed by atoms with Gasteiger partial charge in [-0.3, -0.25) is 19.6 Å². The maximum absolute atomic E-state index is 15.8. The van der Waals surface area contributed by atoms with Crippen LogP contribution in [0.5, 0.6) is 5.88 Å². The van der Waals surface area contributed by atoms with Crippen LogP contribution in [0.4, 0.5) is 10.1 Å². The summed E-state index contributed by atoms with van der Waals surface area (Å²) >= 11 is 6.79. The van der Waals surface area contributed by atoms with Crippen molar-refractivity contribution in [1.82, 2.24) is 30.9 Å². The molecule has 5 N–H and O–H groups in total. The Morgan fingerprint density at radius 1 is 1.11 bits per heavy atom. The molecular weight excluding hydrogens is 601 g/mol. The molecule has 1 fully saturated rings. The van der Waals surface area contributed by atoms with Crippen molar-refractivity contribution < 1.29 is 23.8 Å². The first-order chi connectivity index (χ1) is 21.9. The highest BCUT2D eigenvalue weighted by atomic mass is 35.5. The molecule has 1 aliphatic rings. The van der Waals surface area contributed by atoms with Crippen LogP contribution in [0.1, 0.15) is 34.5 Å². The maximum atomic E-state index is 15.8. The van der Waals surface area contributed by atoms with Crippen molar-refractivity contribution >= 4 is 29.1 Å². The standard InChI is InChI=1S/C32H33ClFN7O4/c1-45-32-20(17-36-18-21-7-10-27(43)39-21)6-9-24(41-32)22-11-12-37-30(28(22)33)23-3-2-4-25(29(23)34)40-31(44)26-8-5-19(16-38-26)15-35-13-14-42/h2-6,8-9,11-12,16,21,35-36,42H,7,10,13-15,17-18H2,1H3,(H,39,43)(H,40,44)/t21-/m1/s1. The zero-order chi connectivity index (χ0) is 31.8. The van der Waals surface area contributed by atoms with Gasteiger partial charge in [0.15, 0.2) is 5.82 Å². The Hall–Kier alpha value is -4.49. The van der Waals surface area contributed by atoms with Crippen LogP contribution in [0.15, 0.2) is 60.9 Å². The van der Waals surface area contributed by atoms with Gasteiger partial charge < -0.3 is 31.1 Å². The molecule has 1 saturated heterocycles. The lowest BCUT2D eigenvalue weighted by atomic mass is 10.0. The minimum Gasteiger partial charge on any atom is -0.481 e. The van der Waals surface area contributed by atoms with Crippen molar-refractivity contribution in [3.63, 3.8) is 0 Å². The van der Waals surface area contributed by atoms with Gasteiger partial charge in [-0.1, -0.05) is 29.8 Å². The van der Waals surface area contributed by atoms with Gasteiger partial charge in [-0.05, 0) is 42.3 Å². The van der Waals surface area contributed by atoms with Crippen molar-refractivity contribution in [3.05, 3.63) is 88.6 Å². The van der Waals surface area contributed by atoms with Crippen molar-refractivity contribution in [2.75, 3.05) is 32.1 Å². The Labute approximate surface area is 264 Å². The molecule has 1 aromatic carbocycles. The van der Waals surface area contributed by atoms with Crippen LogP contribution < -0.4 is 26.0 Å². The fourth-order valence-electron chi connectivity index (χ4n) is 4.94. The minimum absolute atomic E-state index is 0.0189. The van der Waals surface area contributed by atoms with Crippen molar-refractivity contribution in [3.8, 4) is 28.4 Å². The van der Waals surface area contributed by atoms with Crippen LogP contribution >= 0.6 is 11.6 Å². The first kappa shape index (κ1) is 31.9. The molecule has 0 bridgehead atoms. The monoisotopic (exact) mass is 633 g/mol. The zero-order valence-corrected chi connectivity index (χ0v) is 25.3. The van der Waals surface area contributed by atoms with Crippen LogP contribution in [0, 0.1) is 5.82 Å². The molecule has 0 spiro atoms. The van der Waals surface area contributed by atoms with E-state index in [4.69, 9.17) is 21.4 Å². The second-order valence-corrected chi connectivity index (χ2v) is 10.8. The highest BCUT2D eigenvalue weighted by Crippen LogP contribution is 2.37. The number of carbonyl (C=O) groups is 2. The van der Waals surface area contributed by atoms with E-state index in [0.29, 0.717) is 49.7 Å². The SMILES string of the molecule is COc1nc(-c2ccnc(-c3cccc(NC(=O)c4ccc(CNCCO)cn4)c3F)c2Cl)ccc1CNC[C@H]1CCC(=O)N1. The number of halogens is 2. The number of benzene rings is 1. The first-order valence-electron chi connectivity index (χ1n) is 14.4. The molecule has 11 nitrogen and oxygen atoms in total. The Morgan fingerprint density at radius 2 is 1.98 bits per heavy atom. The molecule has 0 aliphatic carbocycles. The van der Waals surface area contributed by atoms with E-state index in [9.17, 15) is 9.59 Å². The molecule has 0 radical (unpaired) electrons. The van der Waals surface area contributed by atoms with Crippen LogP contribution in [0.2, 0.25) is 5.02 Å². The van der Waals surface area contributed by atoms with E-state index in [2.05, 4.69) is 36.2 Å². The maximum Gasteiger partial charge on any atom is 0.274 e. The van der Waals surface area contributed by atoms with Crippen LogP contribution in [-0.4, -0.2) is 64.7 Å². The summed E-state index contributed by atoms with van der Waals surface area (Å²) in [6, 6.07) is 13.3. The molecule has 1 aliphatic heterocycles. The number of carbonyl (C=O) groups excluding carboxylic acids is 2. The van der Waals surface area contributed by atoms with Gasteiger partial charge in [-0.2, -0.15) is 0 Å². The second kappa shape index (κ2) is 15.0. The first-order valence-corrected chi connectivity index (χ1v) is 14.8. The third-order valence-electron chi connectivity index (χ3n) is 7.27. The minimum atomic E-state index is -0.701. The summed E-state index contributed by atoms with van der Waals surface area (Å²) in [6.45, 7) is 2.08. The third-order valence-corrected chi connectivity index (χ3v) is 7.65. The summed E-state index contributed by atoms with van der Waals surface area (Å²) in [5.74, 6) is -0.803. The fourth-order valence-corrected chi connectivity index (χ4v) is 5.25. The molecule has 3 aromatic heterocycles. The van der Waals surface area contributed by atoms with Gasteiger partial charge in [0, 0.05) is 67.7 Å². The van der Waals surface area contributed by atoms with Gasteiger partial charge in [0.05, 0.1) is 35.8 Å². The van der Waals surface area contributed by atoms with Crippen molar-refractivity contribution in [1.29, 1.82) is 0 Å². The van der Waals surface area contributed by atoms with E-state index in [1.54, 1.807) is 36.5 Å². The number of aromatic nitrogens is 3. The van der Waals surface area contributed by atoms with E-state index >= 15 is 4.39 Å². The quantitative estimate of drug-likeness (QED) is 0.139. The predicted molar refractivity (Wildman–Crippen MR) is 168 cm³/mol. The average Bonchev–Trinajstić information content (AvgIpc) is 3.47. The van der Waals surface area contributed by atoms with Crippen molar-refractivity contribution in [2.45, 2.75) is 32.0 Å². The van der Waals surface area contributed by atoms with Gasteiger partial charge in [0.25, 0.3) is 5.91 Å². The summed E-state index contributed by atoms with van der Waals surface area (Å²) in [7, 11) is 1.53. The van der Waals surface area contributed by atoms with Gasteiger partial charge in [0.2, 0.25) is 11.8 Å². The molecule has 234 valence electrons. The highest BCUT2D eigenvalue weighted by Gasteiger charge is 2.22. The molecule has 2 amide bonds. The number of nitrogens with zero attached hydrogens (tertiary/aromatic N) is 3. The largest absolute Gasteiger partial charge is 0.481 e. The Bertz CT molecular complexity index is 1670. The lowest BCUT2D eigenvalue weighted by Gasteiger charge is -2.15. The number of methoxy groups -OCH3 is 1. The van der Waals surface area contributed by atoms with Crippen LogP contribution in [0.3, 0.4) is 0 Å². The van der Waals surface area contributed by atoms with Crippen LogP contribution in [-0.2, 0) is 17.9 Å². The average molecular weight is 634 g/mol. The van der Waals surface area contributed by atoms with Gasteiger partial charge in [-0.15, -0.1) is 0 Å². The topological polar surface area (TPSA) is 150 Å². The molecule has 0 saturated carbocycles. The van der Waals surface area contributed by atoms with E-state index < -0.39 is 11.7 Å². The third kappa shape index (κ3) is 7.78. The smallest absolute Gasteiger partial charge is 0.274 e. The van der Waals surface area contributed by atoms with Crippen molar-refractivity contribution in [2.24, 2.45) is 0 Å². The number of amides is 2. The molecule has 4 aromatic rings. The Balaban J connectivity index is 1.32.